The molecule has 2 rings (SSSR count). The summed E-state index contributed by atoms with van der Waals surface area (Å²) in [5.41, 5.74) is 4.67. The highest BCUT2D eigenvalue weighted by molar-refractivity contribution is 7.09. The molecule has 1 amide bonds. The second kappa shape index (κ2) is 9.49. The van der Waals surface area contributed by atoms with Crippen molar-refractivity contribution in [2.75, 3.05) is 25.0 Å². The number of halogens is 4. The number of anilines is 1. The number of alkyl halides is 3. The van der Waals surface area contributed by atoms with E-state index in [1.54, 1.807) is 5.38 Å². The van der Waals surface area contributed by atoms with Gasteiger partial charge in [-0.2, -0.15) is 13.2 Å². The number of nitrogens with zero attached hydrogens (tertiary/aromatic N) is 3. The second-order valence-electron chi connectivity index (χ2n) is 4.61. The second-order valence-corrected chi connectivity index (χ2v) is 5.55. The number of nitrogens with one attached hydrogen (secondary N) is 2. The van der Waals surface area contributed by atoms with Crippen molar-refractivity contribution in [3.05, 3.63) is 34.0 Å². The molecule has 0 aromatic carbocycles. The first kappa shape index (κ1) is 21.1. The summed E-state index contributed by atoms with van der Waals surface area (Å²) in [6.45, 7) is 0.810. The van der Waals surface area contributed by atoms with Crippen LogP contribution in [0.25, 0.3) is 0 Å². The molecular formula is C13H16ClF3N6OS. The molecule has 0 fully saturated rings. The van der Waals surface area contributed by atoms with Crippen molar-refractivity contribution in [3.8, 4) is 0 Å². The van der Waals surface area contributed by atoms with Gasteiger partial charge in [-0.25, -0.2) is 15.0 Å². The van der Waals surface area contributed by atoms with Crippen molar-refractivity contribution in [1.29, 1.82) is 0 Å². The van der Waals surface area contributed by atoms with Crippen LogP contribution in [0, 0.1) is 0 Å². The first-order valence-corrected chi connectivity index (χ1v) is 7.85. The average molecular weight is 397 g/mol. The summed E-state index contributed by atoms with van der Waals surface area (Å²) in [5.74, 6) is -0.515. The van der Waals surface area contributed by atoms with Gasteiger partial charge in [0, 0.05) is 31.1 Å². The maximum atomic E-state index is 12.5. The van der Waals surface area contributed by atoms with Crippen LogP contribution in [-0.4, -0.2) is 40.5 Å². The van der Waals surface area contributed by atoms with Gasteiger partial charge in [-0.15, -0.1) is 23.7 Å². The van der Waals surface area contributed by atoms with Crippen LogP contribution in [0.3, 0.4) is 0 Å². The van der Waals surface area contributed by atoms with Crippen molar-refractivity contribution in [1.82, 2.24) is 20.3 Å². The van der Waals surface area contributed by atoms with Gasteiger partial charge in [0.2, 0.25) is 5.95 Å². The van der Waals surface area contributed by atoms with E-state index in [1.165, 1.54) is 11.3 Å². The number of nitrogens with two attached hydrogens (primary N) is 1. The number of carbonyl (C=O) groups excluding carboxylic acids is 1. The molecule has 12 heteroatoms. The molecule has 0 saturated heterocycles. The summed E-state index contributed by atoms with van der Waals surface area (Å²) >= 11 is 1.35. The highest BCUT2D eigenvalue weighted by Gasteiger charge is 2.32. The number of aromatic nitrogens is 3. The fourth-order valence-electron chi connectivity index (χ4n) is 1.70. The lowest BCUT2D eigenvalue weighted by Crippen LogP contribution is -2.29. The third-order valence-corrected chi connectivity index (χ3v) is 3.69. The molecule has 7 nitrogen and oxygen atoms in total. The van der Waals surface area contributed by atoms with Gasteiger partial charge in [-0.1, -0.05) is 0 Å². The first-order chi connectivity index (χ1) is 11.4. The van der Waals surface area contributed by atoms with Crippen molar-refractivity contribution < 1.29 is 18.0 Å². The van der Waals surface area contributed by atoms with E-state index >= 15 is 0 Å². The monoisotopic (exact) mass is 396 g/mol. The zero-order valence-corrected chi connectivity index (χ0v) is 14.5. The zero-order chi connectivity index (χ0) is 17.6. The van der Waals surface area contributed by atoms with Crippen LogP contribution in [0.15, 0.2) is 17.6 Å². The Morgan fingerprint density at radius 3 is 2.72 bits per heavy atom. The molecule has 2 aromatic heterocycles. The summed E-state index contributed by atoms with van der Waals surface area (Å²) < 4.78 is 37.6. The lowest BCUT2D eigenvalue weighted by Gasteiger charge is -2.08. The van der Waals surface area contributed by atoms with Crippen LogP contribution in [0.2, 0.25) is 0 Å². The Labute approximate surface area is 151 Å². The Kier molecular flexibility index (Phi) is 8.00. The minimum atomic E-state index is -4.53. The average Bonchev–Trinajstić information content (AvgIpc) is 3.00. The third-order valence-electron chi connectivity index (χ3n) is 2.78. The van der Waals surface area contributed by atoms with Crippen LogP contribution in [0.5, 0.6) is 0 Å². The Balaban J connectivity index is 0.00000312. The molecule has 0 saturated carbocycles. The Morgan fingerprint density at radius 1 is 1.28 bits per heavy atom. The Hall–Kier alpha value is -1.98. The topological polar surface area (TPSA) is 106 Å². The molecule has 0 unspecified atom stereocenters. The van der Waals surface area contributed by atoms with Gasteiger partial charge >= 0.3 is 6.18 Å². The molecule has 4 N–H and O–H groups in total. The molecule has 0 aliphatic heterocycles. The SMILES string of the molecule is Cl.NCCc1nc(C(=O)NCCNc2nccc(C(F)(F)F)n2)cs1. The predicted molar refractivity (Wildman–Crippen MR) is 90.0 cm³/mol. The van der Waals surface area contributed by atoms with Gasteiger partial charge in [0.15, 0.2) is 0 Å². The van der Waals surface area contributed by atoms with Crippen molar-refractivity contribution in [2.24, 2.45) is 5.73 Å². The molecule has 2 heterocycles. The zero-order valence-electron chi connectivity index (χ0n) is 12.8. The number of rotatable bonds is 7. The highest BCUT2D eigenvalue weighted by Crippen LogP contribution is 2.27. The summed E-state index contributed by atoms with van der Waals surface area (Å²) in [7, 11) is 0. The van der Waals surface area contributed by atoms with E-state index in [0.717, 1.165) is 17.3 Å². The quantitative estimate of drug-likeness (QED) is 0.615. The Morgan fingerprint density at radius 2 is 2.04 bits per heavy atom. The van der Waals surface area contributed by atoms with Crippen LogP contribution in [0.1, 0.15) is 21.2 Å². The maximum Gasteiger partial charge on any atom is 0.433 e. The van der Waals surface area contributed by atoms with E-state index in [9.17, 15) is 18.0 Å². The van der Waals surface area contributed by atoms with Crippen molar-refractivity contribution >= 4 is 35.6 Å². The van der Waals surface area contributed by atoms with Crippen LogP contribution >= 0.6 is 23.7 Å². The predicted octanol–water partition coefficient (Wildman–Crippen LogP) is 1.72. The van der Waals surface area contributed by atoms with Gasteiger partial charge < -0.3 is 16.4 Å². The van der Waals surface area contributed by atoms with Gasteiger partial charge in [-0.3, -0.25) is 4.79 Å². The normalized spacial score (nSPS) is 10.9. The van der Waals surface area contributed by atoms with E-state index in [2.05, 4.69) is 25.6 Å². The summed E-state index contributed by atoms with van der Waals surface area (Å²) in [6.07, 6.45) is -2.91. The van der Waals surface area contributed by atoms with E-state index < -0.39 is 11.9 Å². The standard InChI is InChI=1S/C13H15F3N6OS.ClH/c14-13(15,16)9-2-4-19-12(22-9)20-6-5-18-11(23)8-7-24-10(21-8)1-3-17;/h2,4,7H,1,3,5-6,17H2,(H,18,23)(H,19,20,22);1H. The smallest absolute Gasteiger partial charge is 0.352 e. The molecule has 25 heavy (non-hydrogen) atoms. The first-order valence-electron chi connectivity index (χ1n) is 6.97. The molecule has 0 aliphatic rings. The maximum absolute atomic E-state index is 12.5. The Bertz CT molecular complexity index is 696. The van der Waals surface area contributed by atoms with Crippen LogP contribution < -0.4 is 16.4 Å². The lowest BCUT2D eigenvalue weighted by molar-refractivity contribution is -0.141. The van der Waals surface area contributed by atoms with E-state index in [-0.39, 0.29) is 37.4 Å². The fourth-order valence-corrected chi connectivity index (χ4v) is 2.49. The third kappa shape index (κ3) is 6.44. The van der Waals surface area contributed by atoms with Gasteiger partial charge in [0.25, 0.3) is 5.91 Å². The van der Waals surface area contributed by atoms with Crippen molar-refractivity contribution in [3.63, 3.8) is 0 Å². The van der Waals surface area contributed by atoms with Crippen molar-refractivity contribution in [2.45, 2.75) is 12.6 Å². The summed E-state index contributed by atoms with van der Waals surface area (Å²) in [6, 6.07) is 0.786. The van der Waals surface area contributed by atoms with Crippen LogP contribution in [0.4, 0.5) is 19.1 Å². The molecule has 2 aromatic rings. The van der Waals surface area contributed by atoms with Gasteiger partial charge in [-0.05, 0) is 12.6 Å². The number of carbonyl (C=O) groups is 1. The van der Waals surface area contributed by atoms with E-state index in [4.69, 9.17) is 5.73 Å². The summed E-state index contributed by atoms with van der Waals surface area (Å²) in [4.78, 5) is 23.0. The minimum absolute atomic E-state index is 0. The summed E-state index contributed by atoms with van der Waals surface area (Å²) in [5, 5.41) is 7.63. The van der Waals surface area contributed by atoms with Gasteiger partial charge in [0.1, 0.15) is 11.4 Å². The number of thiazole rings is 1. The highest BCUT2D eigenvalue weighted by atomic mass is 35.5. The number of hydrogen-bond donors (Lipinski definition) is 3. The van der Waals surface area contributed by atoms with Gasteiger partial charge in [0.05, 0.1) is 5.01 Å². The van der Waals surface area contributed by atoms with Crippen LogP contribution in [-0.2, 0) is 12.6 Å². The molecule has 0 atom stereocenters. The molecule has 138 valence electrons. The largest absolute Gasteiger partial charge is 0.433 e. The lowest BCUT2D eigenvalue weighted by atomic mass is 10.4. The molecule has 0 aliphatic carbocycles. The molecular weight excluding hydrogens is 381 g/mol. The molecule has 0 radical (unpaired) electrons. The number of amides is 1. The molecule has 0 spiro atoms. The fraction of sp³-hybridized carbons (Fsp3) is 0.385. The van der Waals surface area contributed by atoms with E-state index in [1.807, 2.05) is 0 Å². The van der Waals surface area contributed by atoms with E-state index in [0.29, 0.717) is 18.7 Å². The minimum Gasteiger partial charge on any atom is -0.352 e. The number of hydrogen-bond acceptors (Lipinski definition) is 7. The molecule has 0 bridgehead atoms.